The summed E-state index contributed by atoms with van der Waals surface area (Å²) in [5.74, 6) is -0.197. The van der Waals surface area contributed by atoms with Crippen LogP contribution < -0.4 is 10.2 Å². The molecule has 1 atom stereocenters. The van der Waals surface area contributed by atoms with E-state index in [4.69, 9.17) is 9.84 Å². The van der Waals surface area contributed by atoms with Gasteiger partial charge in [-0.3, -0.25) is 0 Å². The fraction of sp³-hybridized carbons (Fsp3) is 0.571. The lowest BCUT2D eigenvalue weighted by molar-refractivity contribution is 0.122. The van der Waals surface area contributed by atoms with Gasteiger partial charge >= 0.3 is 0 Å². The number of rotatable bonds is 5. The van der Waals surface area contributed by atoms with Crippen molar-refractivity contribution in [3.63, 3.8) is 0 Å². The van der Waals surface area contributed by atoms with Crippen molar-refractivity contribution in [2.75, 3.05) is 44.4 Å². The number of halogens is 1. The number of aliphatic hydroxyl groups excluding tert-OH is 1. The lowest BCUT2D eigenvalue weighted by Crippen LogP contribution is -2.36. The van der Waals surface area contributed by atoms with E-state index in [1.54, 1.807) is 6.07 Å². The van der Waals surface area contributed by atoms with E-state index in [-0.39, 0.29) is 18.5 Å². The molecule has 0 radical (unpaired) electrons. The van der Waals surface area contributed by atoms with Crippen LogP contribution in [0.1, 0.15) is 18.5 Å². The molecular formula is C14H21FN2O2. The van der Waals surface area contributed by atoms with Gasteiger partial charge in [-0.1, -0.05) is 6.07 Å². The molecular weight excluding hydrogens is 247 g/mol. The van der Waals surface area contributed by atoms with Gasteiger partial charge in [-0.05, 0) is 24.6 Å². The SMILES string of the molecule is CC(NCCO)c1ccc(N2CCOCC2)c(F)c1. The van der Waals surface area contributed by atoms with Crippen LogP contribution in [0.2, 0.25) is 0 Å². The maximum atomic E-state index is 14.2. The molecule has 0 aromatic heterocycles. The van der Waals surface area contributed by atoms with Crippen molar-refractivity contribution in [1.82, 2.24) is 5.32 Å². The van der Waals surface area contributed by atoms with Gasteiger partial charge in [0.15, 0.2) is 0 Å². The third-order valence-electron chi connectivity index (χ3n) is 3.39. The van der Waals surface area contributed by atoms with E-state index in [1.807, 2.05) is 24.0 Å². The molecule has 0 amide bonds. The smallest absolute Gasteiger partial charge is 0.146 e. The molecule has 1 aliphatic heterocycles. The van der Waals surface area contributed by atoms with Crippen LogP contribution in [-0.2, 0) is 4.74 Å². The predicted octanol–water partition coefficient (Wildman–Crippen LogP) is 1.31. The maximum Gasteiger partial charge on any atom is 0.146 e. The molecule has 2 rings (SSSR count). The minimum atomic E-state index is -0.197. The molecule has 2 N–H and O–H groups in total. The first kappa shape index (κ1) is 14.2. The number of benzene rings is 1. The third-order valence-corrected chi connectivity index (χ3v) is 3.39. The highest BCUT2D eigenvalue weighted by Gasteiger charge is 2.16. The monoisotopic (exact) mass is 268 g/mol. The number of nitrogens with zero attached hydrogens (tertiary/aromatic N) is 1. The van der Waals surface area contributed by atoms with Gasteiger partial charge in [0, 0.05) is 25.7 Å². The molecule has 0 bridgehead atoms. The Morgan fingerprint density at radius 3 is 2.79 bits per heavy atom. The largest absolute Gasteiger partial charge is 0.395 e. The van der Waals surface area contributed by atoms with Gasteiger partial charge < -0.3 is 20.1 Å². The Labute approximate surface area is 113 Å². The average molecular weight is 268 g/mol. The molecule has 5 heteroatoms. The summed E-state index contributed by atoms with van der Waals surface area (Å²) in [6, 6.07) is 5.36. The molecule has 106 valence electrons. The first-order valence-corrected chi connectivity index (χ1v) is 6.68. The van der Waals surface area contributed by atoms with Crippen molar-refractivity contribution >= 4 is 5.69 Å². The molecule has 1 heterocycles. The van der Waals surface area contributed by atoms with Gasteiger partial charge in [0.2, 0.25) is 0 Å². The fourth-order valence-electron chi connectivity index (χ4n) is 2.25. The van der Waals surface area contributed by atoms with Crippen molar-refractivity contribution in [3.05, 3.63) is 29.6 Å². The van der Waals surface area contributed by atoms with Crippen LogP contribution in [0.5, 0.6) is 0 Å². The number of hydrogen-bond acceptors (Lipinski definition) is 4. The standard InChI is InChI=1S/C14H21FN2O2/c1-11(16-4-7-18)12-2-3-14(13(15)10-12)17-5-8-19-9-6-17/h2-3,10-11,16,18H,4-9H2,1H3. The van der Waals surface area contributed by atoms with Gasteiger partial charge in [0.25, 0.3) is 0 Å². The highest BCUT2D eigenvalue weighted by Crippen LogP contribution is 2.24. The Kier molecular flexibility index (Phi) is 5.13. The molecule has 4 nitrogen and oxygen atoms in total. The minimum Gasteiger partial charge on any atom is -0.395 e. The zero-order valence-corrected chi connectivity index (χ0v) is 11.2. The van der Waals surface area contributed by atoms with Crippen LogP contribution in [0.3, 0.4) is 0 Å². The number of aliphatic hydroxyl groups is 1. The lowest BCUT2D eigenvalue weighted by atomic mass is 10.1. The molecule has 1 aliphatic rings. The summed E-state index contributed by atoms with van der Waals surface area (Å²) in [7, 11) is 0. The molecule has 1 aromatic rings. The molecule has 1 fully saturated rings. The molecule has 19 heavy (non-hydrogen) atoms. The highest BCUT2D eigenvalue weighted by molar-refractivity contribution is 5.49. The molecule has 1 saturated heterocycles. The van der Waals surface area contributed by atoms with Crippen molar-refractivity contribution in [1.29, 1.82) is 0 Å². The van der Waals surface area contributed by atoms with Crippen molar-refractivity contribution < 1.29 is 14.2 Å². The summed E-state index contributed by atoms with van der Waals surface area (Å²) in [6.07, 6.45) is 0. The van der Waals surface area contributed by atoms with Crippen LogP contribution in [0, 0.1) is 5.82 Å². The number of anilines is 1. The molecule has 1 unspecified atom stereocenters. The molecule has 0 spiro atoms. The topological polar surface area (TPSA) is 44.7 Å². The normalized spacial score (nSPS) is 17.5. The first-order valence-electron chi connectivity index (χ1n) is 6.68. The van der Waals surface area contributed by atoms with Gasteiger partial charge in [-0.25, -0.2) is 4.39 Å². The van der Waals surface area contributed by atoms with E-state index in [2.05, 4.69) is 5.32 Å². The summed E-state index contributed by atoms with van der Waals surface area (Å²) in [6.45, 7) is 5.31. The summed E-state index contributed by atoms with van der Waals surface area (Å²) in [5.41, 5.74) is 1.53. The van der Waals surface area contributed by atoms with Crippen molar-refractivity contribution in [2.24, 2.45) is 0 Å². The summed E-state index contributed by atoms with van der Waals surface area (Å²) in [5, 5.41) is 11.9. The Morgan fingerprint density at radius 1 is 1.42 bits per heavy atom. The molecule has 1 aromatic carbocycles. The average Bonchev–Trinajstić information content (AvgIpc) is 2.45. The quantitative estimate of drug-likeness (QED) is 0.845. The van der Waals surface area contributed by atoms with Gasteiger partial charge in [0.05, 0.1) is 25.5 Å². The Morgan fingerprint density at radius 2 is 2.16 bits per heavy atom. The fourth-order valence-corrected chi connectivity index (χ4v) is 2.25. The second kappa shape index (κ2) is 6.84. The third kappa shape index (κ3) is 3.65. The van der Waals surface area contributed by atoms with E-state index < -0.39 is 0 Å². The Balaban J connectivity index is 2.07. The predicted molar refractivity (Wildman–Crippen MR) is 72.9 cm³/mol. The van der Waals surface area contributed by atoms with E-state index in [0.29, 0.717) is 25.4 Å². The summed E-state index contributed by atoms with van der Waals surface area (Å²) < 4.78 is 19.4. The van der Waals surface area contributed by atoms with Gasteiger partial charge in [-0.2, -0.15) is 0 Å². The first-order chi connectivity index (χ1) is 9.22. The number of morpholine rings is 1. The van der Waals surface area contributed by atoms with Crippen LogP contribution in [0.25, 0.3) is 0 Å². The maximum absolute atomic E-state index is 14.2. The van der Waals surface area contributed by atoms with Crippen LogP contribution in [0.15, 0.2) is 18.2 Å². The highest BCUT2D eigenvalue weighted by atomic mass is 19.1. The Hall–Kier alpha value is -1.17. The Bertz CT molecular complexity index is 408. The zero-order chi connectivity index (χ0) is 13.7. The van der Waals surface area contributed by atoms with E-state index in [9.17, 15) is 4.39 Å². The summed E-state index contributed by atoms with van der Waals surface area (Å²) >= 11 is 0. The number of nitrogens with one attached hydrogen (secondary N) is 1. The zero-order valence-electron chi connectivity index (χ0n) is 11.2. The van der Waals surface area contributed by atoms with Crippen LogP contribution >= 0.6 is 0 Å². The van der Waals surface area contributed by atoms with E-state index in [1.165, 1.54) is 0 Å². The van der Waals surface area contributed by atoms with Gasteiger partial charge in [0.1, 0.15) is 5.82 Å². The second-order valence-corrected chi connectivity index (χ2v) is 4.71. The summed E-state index contributed by atoms with van der Waals surface area (Å²) in [4.78, 5) is 2.01. The van der Waals surface area contributed by atoms with Gasteiger partial charge in [-0.15, -0.1) is 0 Å². The molecule has 0 aliphatic carbocycles. The second-order valence-electron chi connectivity index (χ2n) is 4.71. The van der Waals surface area contributed by atoms with Crippen molar-refractivity contribution in [2.45, 2.75) is 13.0 Å². The van der Waals surface area contributed by atoms with Crippen LogP contribution in [0.4, 0.5) is 10.1 Å². The number of ether oxygens (including phenoxy) is 1. The lowest BCUT2D eigenvalue weighted by Gasteiger charge is -2.29. The van der Waals surface area contributed by atoms with Crippen LogP contribution in [-0.4, -0.2) is 44.6 Å². The number of hydrogen-bond donors (Lipinski definition) is 2. The molecule has 0 saturated carbocycles. The van der Waals surface area contributed by atoms with E-state index >= 15 is 0 Å². The van der Waals surface area contributed by atoms with E-state index in [0.717, 1.165) is 18.7 Å². The van der Waals surface area contributed by atoms with Crippen molar-refractivity contribution in [3.8, 4) is 0 Å². The minimum absolute atomic E-state index is 0.0281.